The molecule has 3 heterocycles. The fraction of sp³-hybridized carbons (Fsp3) is 0.333. The fourth-order valence-electron chi connectivity index (χ4n) is 5.04. The van der Waals surface area contributed by atoms with E-state index >= 15 is 0 Å². The Morgan fingerprint density at radius 1 is 1.00 bits per heavy atom. The van der Waals surface area contributed by atoms with Gasteiger partial charge in [0.1, 0.15) is 11.5 Å². The summed E-state index contributed by atoms with van der Waals surface area (Å²) in [6.07, 6.45) is 2.12. The average Bonchev–Trinajstić information content (AvgIpc) is 3.22. The standard InChI is InChI=1S/C24H24N2O4S/c1-14-12-23(2,3)26-21-18(14)7-6-8-19(21)24(22(26)28)25(20(27)13-31-24)15-9-16(29-4)11-17(10-15)30-5/h6-12H,13H2,1-5H3/t24-/m0/s1. The lowest BCUT2D eigenvalue weighted by molar-refractivity contribution is -0.124. The predicted molar refractivity (Wildman–Crippen MR) is 123 cm³/mol. The molecule has 1 atom stereocenters. The molecule has 3 aliphatic rings. The number of amides is 2. The molecule has 5 rings (SSSR count). The Hall–Kier alpha value is -2.93. The van der Waals surface area contributed by atoms with Gasteiger partial charge in [-0.3, -0.25) is 19.4 Å². The number of para-hydroxylation sites is 1. The van der Waals surface area contributed by atoms with Gasteiger partial charge in [0, 0.05) is 29.3 Å². The van der Waals surface area contributed by atoms with Gasteiger partial charge in [-0.1, -0.05) is 24.3 Å². The van der Waals surface area contributed by atoms with Crippen LogP contribution in [0.2, 0.25) is 0 Å². The van der Waals surface area contributed by atoms with Crippen molar-refractivity contribution in [2.45, 2.75) is 31.2 Å². The maximum Gasteiger partial charge on any atom is 0.269 e. The van der Waals surface area contributed by atoms with Gasteiger partial charge in [-0.15, -0.1) is 11.8 Å². The molecule has 0 radical (unpaired) electrons. The van der Waals surface area contributed by atoms with Crippen LogP contribution >= 0.6 is 11.8 Å². The summed E-state index contributed by atoms with van der Waals surface area (Å²) in [6, 6.07) is 11.3. The zero-order chi connectivity index (χ0) is 22.1. The third-order valence-electron chi connectivity index (χ3n) is 6.25. The third kappa shape index (κ3) is 2.53. The van der Waals surface area contributed by atoms with Crippen molar-refractivity contribution in [3.8, 4) is 11.5 Å². The summed E-state index contributed by atoms with van der Waals surface area (Å²) in [5.74, 6) is 1.13. The number of hydrogen-bond donors (Lipinski definition) is 0. The van der Waals surface area contributed by atoms with E-state index in [9.17, 15) is 9.59 Å². The van der Waals surface area contributed by atoms with Gasteiger partial charge < -0.3 is 9.47 Å². The molecule has 0 aromatic heterocycles. The number of methoxy groups -OCH3 is 2. The molecule has 2 aromatic rings. The minimum absolute atomic E-state index is 0.0960. The van der Waals surface area contributed by atoms with E-state index < -0.39 is 10.4 Å². The molecule has 1 saturated heterocycles. The van der Waals surface area contributed by atoms with Gasteiger partial charge in [-0.05, 0) is 26.3 Å². The number of anilines is 2. The number of benzene rings is 2. The van der Waals surface area contributed by atoms with Crippen LogP contribution in [0.4, 0.5) is 11.4 Å². The number of hydrogen-bond acceptors (Lipinski definition) is 5. The Morgan fingerprint density at radius 3 is 2.32 bits per heavy atom. The molecule has 7 heteroatoms. The summed E-state index contributed by atoms with van der Waals surface area (Å²) in [4.78, 5) is 29.8. The van der Waals surface area contributed by atoms with Gasteiger partial charge in [0.25, 0.3) is 5.91 Å². The minimum atomic E-state index is -1.16. The first kappa shape index (κ1) is 20.0. The van der Waals surface area contributed by atoms with Crippen LogP contribution in [0.5, 0.6) is 11.5 Å². The van der Waals surface area contributed by atoms with Crippen LogP contribution in [0.25, 0.3) is 5.57 Å². The summed E-state index contributed by atoms with van der Waals surface area (Å²) in [5.41, 5.74) is 4.00. The van der Waals surface area contributed by atoms with Gasteiger partial charge in [0.2, 0.25) is 10.8 Å². The third-order valence-corrected chi connectivity index (χ3v) is 7.64. The zero-order valence-corrected chi connectivity index (χ0v) is 19.0. The van der Waals surface area contributed by atoms with Crippen molar-refractivity contribution < 1.29 is 19.1 Å². The quantitative estimate of drug-likeness (QED) is 0.723. The van der Waals surface area contributed by atoms with E-state index in [-0.39, 0.29) is 17.6 Å². The van der Waals surface area contributed by atoms with Crippen LogP contribution < -0.4 is 19.3 Å². The Balaban J connectivity index is 1.78. The number of fused-ring (bicyclic) bond motifs is 1. The van der Waals surface area contributed by atoms with Gasteiger partial charge >= 0.3 is 0 Å². The van der Waals surface area contributed by atoms with Crippen molar-refractivity contribution in [1.29, 1.82) is 0 Å². The second kappa shape index (κ2) is 6.53. The Morgan fingerprint density at radius 2 is 1.68 bits per heavy atom. The maximum absolute atomic E-state index is 14.2. The van der Waals surface area contributed by atoms with Gasteiger partial charge in [-0.25, -0.2) is 0 Å². The van der Waals surface area contributed by atoms with Crippen LogP contribution in [0.1, 0.15) is 31.9 Å². The van der Waals surface area contributed by atoms with Crippen LogP contribution in [0.15, 0.2) is 42.5 Å². The molecule has 1 spiro atoms. The summed E-state index contributed by atoms with van der Waals surface area (Å²) in [7, 11) is 3.14. The molecule has 0 saturated carbocycles. The number of nitrogens with zero attached hydrogens (tertiary/aromatic N) is 2. The summed E-state index contributed by atoms with van der Waals surface area (Å²) in [6.45, 7) is 6.14. The van der Waals surface area contributed by atoms with Crippen molar-refractivity contribution in [1.82, 2.24) is 0 Å². The van der Waals surface area contributed by atoms with E-state index in [1.807, 2.05) is 36.9 Å². The second-order valence-electron chi connectivity index (χ2n) is 8.56. The van der Waals surface area contributed by atoms with Gasteiger partial charge in [0.05, 0.1) is 36.9 Å². The largest absolute Gasteiger partial charge is 0.497 e. The summed E-state index contributed by atoms with van der Waals surface area (Å²) in [5, 5.41) is 0. The molecule has 31 heavy (non-hydrogen) atoms. The fourth-order valence-corrected chi connectivity index (χ4v) is 6.37. The molecule has 0 aliphatic carbocycles. The van der Waals surface area contributed by atoms with Crippen LogP contribution in [-0.4, -0.2) is 37.3 Å². The van der Waals surface area contributed by atoms with Crippen molar-refractivity contribution in [3.63, 3.8) is 0 Å². The first-order valence-electron chi connectivity index (χ1n) is 10.1. The first-order valence-corrected chi connectivity index (χ1v) is 11.1. The number of allylic oxidation sites excluding steroid dienone is 1. The number of ether oxygens (including phenoxy) is 2. The molecule has 1 fully saturated rings. The smallest absolute Gasteiger partial charge is 0.269 e. The molecule has 0 unspecified atom stereocenters. The molecule has 0 bridgehead atoms. The topological polar surface area (TPSA) is 59.1 Å². The van der Waals surface area contributed by atoms with E-state index in [0.29, 0.717) is 17.2 Å². The highest BCUT2D eigenvalue weighted by molar-refractivity contribution is 8.02. The van der Waals surface area contributed by atoms with E-state index in [0.717, 1.165) is 22.4 Å². The first-order chi connectivity index (χ1) is 14.7. The molecule has 3 aliphatic heterocycles. The molecular weight excluding hydrogens is 412 g/mol. The van der Waals surface area contributed by atoms with Crippen LogP contribution in [0.3, 0.4) is 0 Å². The van der Waals surface area contributed by atoms with Gasteiger partial charge in [0.15, 0.2) is 0 Å². The SMILES string of the molecule is COc1cc(OC)cc(N2C(=O)CS[C@@]23C(=O)N2c4c(cccc43)C(C)=CC2(C)C)c1. The molecule has 2 amide bonds. The Bertz CT molecular complexity index is 1150. The maximum atomic E-state index is 14.2. The van der Waals surface area contributed by atoms with Crippen molar-refractivity contribution in [3.05, 3.63) is 53.6 Å². The molecule has 2 aromatic carbocycles. The number of rotatable bonds is 3. The number of carbonyl (C=O) groups excluding carboxylic acids is 2. The highest BCUT2D eigenvalue weighted by Gasteiger charge is 2.64. The lowest BCUT2D eigenvalue weighted by Gasteiger charge is -2.40. The Kier molecular flexibility index (Phi) is 4.21. The average molecular weight is 437 g/mol. The predicted octanol–water partition coefficient (Wildman–Crippen LogP) is 4.18. The normalized spacial score (nSPS) is 23.3. The highest BCUT2D eigenvalue weighted by atomic mass is 32.2. The van der Waals surface area contributed by atoms with E-state index in [2.05, 4.69) is 13.0 Å². The summed E-state index contributed by atoms with van der Waals surface area (Å²) < 4.78 is 10.9. The van der Waals surface area contributed by atoms with Gasteiger partial charge in [-0.2, -0.15) is 0 Å². The van der Waals surface area contributed by atoms with Crippen molar-refractivity contribution in [2.75, 3.05) is 29.8 Å². The molecule has 6 nitrogen and oxygen atoms in total. The minimum Gasteiger partial charge on any atom is -0.497 e. The zero-order valence-electron chi connectivity index (χ0n) is 18.2. The van der Waals surface area contributed by atoms with E-state index in [1.54, 1.807) is 37.3 Å². The van der Waals surface area contributed by atoms with Crippen molar-refractivity contribution in [2.24, 2.45) is 0 Å². The van der Waals surface area contributed by atoms with Crippen molar-refractivity contribution >= 4 is 40.5 Å². The number of thioether (sulfide) groups is 1. The van der Waals surface area contributed by atoms with E-state index in [1.165, 1.54) is 11.8 Å². The summed E-state index contributed by atoms with van der Waals surface area (Å²) >= 11 is 1.38. The van der Waals surface area contributed by atoms with Crippen LogP contribution in [0, 0.1) is 0 Å². The van der Waals surface area contributed by atoms with E-state index in [4.69, 9.17) is 9.47 Å². The second-order valence-corrected chi connectivity index (χ2v) is 9.72. The lowest BCUT2D eigenvalue weighted by atomic mass is 9.89. The Labute approximate surface area is 185 Å². The van der Waals surface area contributed by atoms with Crippen LogP contribution in [-0.2, 0) is 14.5 Å². The monoisotopic (exact) mass is 436 g/mol. The molecular formula is C24H24N2O4S. The molecule has 160 valence electrons. The number of carbonyl (C=O) groups is 2. The highest BCUT2D eigenvalue weighted by Crippen LogP contribution is 2.60. The molecule has 0 N–H and O–H groups in total. The lowest BCUT2D eigenvalue weighted by Crippen LogP contribution is -2.54.